The molecule has 0 bridgehead atoms. The quantitative estimate of drug-likeness (QED) is 0.113. The number of hydrogen-bond donors (Lipinski definition) is 0. The van der Waals surface area contributed by atoms with Crippen LogP contribution >= 0.6 is 0 Å². The fraction of sp³-hybridized carbons (Fsp3) is 0.100. The van der Waals surface area contributed by atoms with Gasteiger partial charge < -0.3 is 18.9 Å². The van der Waals surface area contributed by atoms with Crippen molar-refractivity contribution in [1.82, 2.24) is 0 Å². The summed E-state index contributed by atoms with van der Waals surface area (Å²) in [6.07, 6.45) is -1.76. The van der Waals surface area contributed by atoms with E-state index in [-0.39, 0.29) is 5.41 Å². The molecule has 0 fully saturated rings. The standard InChI is InChI=1S/C40H30O6/c1-40(2,3)27-22-23-32-33(24-27)37(46-39(42)44-35-21-11-15-26-13-5-7-17-29(26)35)31-19-9-8-18-30(31)36(32)45-38(41)43-34-20-10-14-25-12-4-6-16-28(25)34/h4-24H,1-3H3. The zero-order chi connectivity index (χ0) is 31.8. The van der Waals surface area contributed by atoms with E-state index in [1.165, 1.54) is 0 Å². The predicted molar refractivity (Wildman–Crippen MR) is 181 cm³/mol. The zero-order valence-corrected chi connectivity index (χ0v) is 25.6. The molecule has 0 saturated carbocycles. The van der Waals surface area contributed by atoms with Gasteiger partial charge in [-0.15, -0.1) is 0 Å². The lowest BCUT2D eigenvalue weighted by molar-refractivity contribution is 0.151. The summed E-state index contributed by atoms with van der Waals surface area (Å²) in [4.78, 5) is 26.8. The van der Waals surface area contributed by atoms with Crippen molar-refractivity contribution < 1.29 is 28.5 Å². The maximum Gasteiger partial charge on any atom is 0.519 e. The van der Waals surface area contributed by atoms with Gasteiger partial charge in [-0.1, -0.05) is 130 Å². The van der Waals surface area contributed by atoms with Gasteiger partial charge in [0, 0.05) is 32.3 Å². The first kappa shape index (κ1) is 28.9. The van der Waals surface area contributed by atoms with E-state index in [1.807, 2.05) is 115 Å². The summed E-state index contributed by atoms with van der Waals surface area (Å²) in [5.74, 6) is 1.38. The van der Waals surface area contributed by atoms with Crippen LogP contribution in [-0.2, 0) is 5.41 Å². The van der Waals surface area contributed by atoms with E-state index in [2.05, 4.69) is 20.8 Å². The van der Waals surface area contributed by atoms with Crippen LogP contribution in [-0.4, -0.2) is 12.3 Å². The fourth-order valence-electron chi connectivity index (χ4n) is 5.74. The molecule has 0 radical (unpaired) electrons. The van der Waals surface area contributed by atoms with E-state index >= 15 is 0 Å². The van der Waals surface area contributed by atoms with Crippen molar-refractivity contribution in [3.05, 3.63) is 133 Å². The van der Waals surface area contributed by atoms with E-state index in [4.69, 9.17) is 18.9 Å². The van der Waals surface area contributed by atoms with Crippen LogP contribution in [0.3, 0.4) is 0 Å². The minimum atomic E-state index is -0.883. The Balaban J connectivity index is 1.31. The van der Waals surface area contributed by atoms with Gasteiger partial charge in [-0.3, -0.25) is 0 Å². The number of ether oxygens (including phenoxy) is 4. The van der Waals surface area contributed by atoms with Gasteiger partial charge in [0.25, 0.3) is 0 Å². The molecule has 0 spiro atoms. The summed E-state index contributed by atoms with van der Waals surface area (Å²) in [7, 11) is 0. The molecule has 6 nitrogen and oxygen atoms in total. The molecule has 0 aliphatic carbocycles. The highest BCUT2D eigenvalue weighted by molar-refractivity contribution is 6.12. The van der Waals surface area contributed by atoms with Crippen LogP contribution in [0, 0.1) is 0 Å². The van der Waals surface area contributed by atoms with Crippen LogP contribution in [0.4, 0.5) is 9.59 Å². The topological polar surface area (TPSA) is 71.1 Å². The monoisotopic (exact) mass is 606 g/mol. The Hall–Kier alpha value is -5.88. The van der Waals surface area contributed by atoms with Crippen LogP contribution in [0.1, 0.15) is 26.3 Å². The average molecular weight is 607 g/mol. The van der Waals surface area contributed by atoms with Crippen molar-refractivity contribution >= 4 is 55.4 Å². The van der Waals surface area contributed by atoms with Crippen LogP contribution in [0.2, 0.25) is 0 Å². The van der Waals surface area contributed by atoms with Crippen molar-refractivity contribution in [3.8, 4) is 23.0 Å². The Labute approximate surface area is 265 Å². The van der Waals surface area contributed by atoms with Crippen molar-refractivity contribution in [2.45, 2.75) is 26.2 Å². The molecule has 0 atom stereocenters. The highest BCUT2D eigenvalue weighted by Gasteiger charge is 2.24. The Morgan fingerprint density at radius 1 is 0.435 bits per heavy atom. The van der Waals surface area contributed by atoms with Gasteiger partial charge >= 0.3 is 12.3 Å². The summed E-state index contributed by atoms with van der Waals surface area (Å²) in [5.41, 5.74) is 0.793. The molecule has 7 aromatic carbocycles. The summed E-state index contributed by atoms with van der Waals surface area (Å²) in [6.45, 7) is 6.30. The van der Waals surface area contributed by atoms with E-state index in [0.717, 1.165) is 27.1 Å². The van der Waals surface area contributed by atoms with Crippen LogP contribution in [0.5, 0.6) is 23.0 Å². The summed E-state index contributed by atoms with van der Waals surface area (Å²) in [6, 6.07) is 39.5. The Morgan fingerprint density at radius 3 is 1.35 bits per heavy atom. The van der Waals surface area contributed by atoms with Crippen LogP contribution < -0.4 is 18.9 Å². The minimum absolute atomic E-state index is 0.213. The van der Waals surface area contributed by atoms with Crippen molar-refractivity contribution in [1.29, 1.82) is 0 Å². The molecule has 0 amide bonds. The number of carbonyl (C=O) groups is 2. The highest BCUT2D eigenvalue weighted by Crippen LogP contribution is 2.44. The molecule has 0 N–H and O–H groups in total. The van der Waals surface area contributed by atoms with E-state index in [0.29, 0.717) is 44.5 Å². The molecule has 6 heteroatoms. The van der Waals surface area contributed by atoms with Gasteiger partial charge in [0.1, 0.15) is 23.0 Å². The van der Waals surface area contributed by atoms with Gasteiger partial charge in [-0.2, -0.15) is 0 Å². The minimum Gasteiger partial charge on any atom is -0.394 e. The number of hydrogen-bond acceptors (Lipinski definition) is 6. The Kier molecular flexibility index (Phi) is 7.26. The first-order valence-corrected chi connectivity index (χ1v) is 15.0. The second-order valence-corrected chi connectivity index (χ2v) is 12.1. The molecule has 226 valence electrons. The fourth-order valence-corrected chi connectivity index (χ4v) is 5.74. The molecule has 0 saturated heterocycles. The van der Waals surface area contributed by atoms with Crippen molar-refractivity contribution in [2.24, 2.45) is 0 Å². The third-order valence-electron chi connectivity index (χ3n) is 8.05. The number of benzene rings is 7. The largest absolute Gasteiger partial charge is 0.519 e. The zero-order valence-electron chi connectivity index (χ0n) is 25.6. The van der Waals surface area contributed by atoms with Gasteiger partial charge in [0.15, 0.2) is 0 Å². The van der Waals surface area contributed by atoms with Gasteiger partial charge in [-0.05, 0) is 39.9 Å². The smallest absolute Gasteiger partial charge is 0.394 e. The molecule has 0 unspecified atom stereocenters. The highest BCUT2D eigenvalue weighted by atomic mass is 16.7. The molecule has 0 heterocycles. The third kappa shape index (κ3) is 5.46. The predicted octanol–water partition coefficient (Wildman–Crippen LogP) is 10.8. The van der Waals surface area contributed by atoms with Crippen LogP contribution in [0.25, 0.3) is 43.1 Å². The molecule has 46 heavy (non-hydrogen) atoms. The summed E-state index contributed by atoms with van der Waals surface area (Å²) >= 11 is 0. The first-order chi connectivity index (χ1) is 22.3. The molecule has 0 aliphatic rings. The number of fused-ring (bicyclic) bond motifs is 4. The van der Waals surface area contributed by atoms with E-state index in [9.17, 15) is 9.59 Å². The second-order valence-electron chi connectivity index (χ2n) is 12.1. The number of carbonyl (C=O) groups excluding carboxylic acids is 2. The normalized spacial score (nSPS) is 11.5. The van der Waals surface area contributed by atoms with Gasteiger partial charge in [-0.25, -0.2) is 9.59 Å². The Bertz CT molecular complexity index is 2290. The van der Waals surface area contributed by atoms with E-state index in [1.54, 1.807) is 12.1 Å². The molecular formula is C40H30O6. The molecular weight excluding hydrogens is 576 g/mol. The van der Waals surface area contributed by atoms with Gasteiger partial charge in [0.05, 0.1) is 0 Å². The molecule has 0 aromatic heterocycles. The first-order valence-electron chi connectivity index (χ1n) is 15.0. The number of rotatable bonds is 4. The van der Waals surface area contributed by atoms with Crippen molar-refractivity contribution in [2.75, 3.05) is 0 Å². The average Bonchev–Trinajstić information content (AvgIpc) is 3.06. The molecule has 7 aromatic rings. The van der Waals surface area contributed by atoms with Crippen molar-refractivity contribution in [3.63, 3.8) is 0 Å². The second kappa shape index (κ2) is 11.6. The summed E-state index contributed by atoms with van der Waals surface area (Å²) in [5, 5.41) is 5.78. The maximum absolute atomic E-state index is 13.4. The lowest BCUT2D eigenvalue weighted by Crippen LogP contribution is -2.16. The lowest BCUT2D eigenvalue weighted by Gasteiger charge is -2.22. The molecule has 7 rings (SSSR count). The lowest BCUT2D eigenvalue weighted by atomic mass is 9.85. The maximum atomic E-state index is 13.4. The summed E-state index contributed by atoms with van der Waals surface area (Å²) < 4.78 is 23.5. The van der Waals surface area contributed by atoms with E-state index < -0.39 is 12.3 Å². The third-order valence-corrected chi connectivity index (χ3v) is 8.05. The van der Waals surface area contributed by atoms with Gasteiger partial charge in [0.2, 0.25) is 0 Å². The Morgan fingerprint density at radius 2 is 0.848 bits per heavy atom. The molecule has 0 aliphatic heterocycles. The van der Waals surface area contributed by atoms with Crippen LogP contribution in [0.15, 0.2) is 127 Å². The SMILES string of the molecule is CC(C)(C)c1ccc2c(OC(=O)Oc3cccc4ccccc34)c3ccccc3c(OC(=O)Oc3cccc4ccccc34)c2c1.